The lowest BCUT2D eigenvalue weighted by molar-refractivity contribution is -0.136. The van der Waals surface area contributed by atoms with Gasteiger partial charge in [0, 0.05) is 22.2 Å². The van der Waals surface area contributed by atoms with Crippen LogP contribution in [0.3, 0.4) is 0 Å². The van der Waals surface area contributed by atoms with Gasteiger partial charge in [-0.25, -0.2) is 4.39 Å². The number of amides is 1. The van der Waals surface area contributed by atoms with Gasteiger partial charge >= 0.3 is 0 Å². The predicted molar refractivity (Wildman–Crippen MR) is 108 cm³/mol. The number of hydrogen-bond acceptors (Lipinski definition) is 3. The molecule has 2 aliphatic rings. The Morgan fingerprint density at radius 3 is 2.45 bits per heavy atom. The molecule has 0 aliphatic carbocycles. The van der Waals surface area contributed by atoms with Crippen molar-refractivity contribution in [3.63, 3.8) is 0 Å². The second-order valence-corrected chi connectivity index (χ2v) is 7.58. The van der Waals surface area contributed by atoms with Crippen LogP contribution in [-0.4, -0.2) is 25.2 Å². The molecule has 1 fully saturated rings. The van der Waals surface area contributed by atoms with Crippen LogP contribution < -0.4 is 14.4 Å². The summed E-state index contributed by atoms with van der Waals surface area (Å²) in [6.07, 6.45) is -0.596. The number of fused-ring (bicyclic) bond motifs is 2. The van der Waals surface area contributed by atoms with Crippen LogP contribution in [0.1, 0.15) is 17.0 Å². The van der Waals surface area contributed by atoms with E-state index >= 15 is 0 Å². The van der Waals surface area contributed by atoms with E-state index in [-0.39, 0.29) is 23.7 Å². The second-order valence-electron chi connectivity index (χ2n) is 7.15. The summed E-state index contributed by atoms with van der Waals surface area (Å²) < 4.78 is 24.8. The van der Waals surface area contributed by atoms with Crippen LogP contribution in [0.2, 0.25) is 5.02 Å². The van der Waals surface area contributed by atoms with Crippen molar-refractivity contribution in [1.29, 1.82) is 0 Å². The Hall–Kier alpha value is -3.05. The molecule has 1 saturated heterocycles. The summed E-state index contributed by atoms with van der Waals surface area (Å²) in [4.78, 5) is 14.7. The van der Waals surface area contributed by atoms with Crippen molar-refractivity contribution in [2.24, 2.45) is 0 Å². The highest BCUT2D eigenvalue weighted by Gasteiger charge is 2.57. The van der Waals surface area contributed by atoms with Gasteiger partial charge < -0.3 is 14.4 Å². The smallest absolute Gasteiger partial charge is 0.270 e. The van der Waals surface area contributed by atoms with Gasteiger partial charge in [0.1, 0.15) is 17.3 Å². The number of halogens is 2. The molecule has 0 unspecified atom stereocenters. The first kappa shape index (κ1) is 18.0. The number of carbonyl (C=O) groups is 1. The Bertz CT molecular complexity index is 1080. The molecule has 1 amide bonds. The number of carbonyl (C=O) groups excluding carboxylic acids is 1. The van der Waals surface area contributed by atoms with E-state index in [9.17, 15) is 9.18 Å². The van der Waals surface area contributed by atoms with Crippen molar-refractivity contribution < 1.29 is 18.7 Å². The number of hydrogen-bond donors (Lipinski definition) is 0. The number of methoxy groups -OCH3 is 1. The van der Waals surface area contributed by atoms with E-state index in [0.717, 1.165) is 16.8 Å². The third-order valence-corrected chi connectivity index (χ3v) is 5.81. The highest BCUT2D eigenvalue weighted by atomic mass is 35.5. The third-order valence-electron chi connectivity index (χ3n) is 5.57. The van der Waals surface area contributed by atoms with Crippen molar-refractivity contribution in [3.05, 3.63) is 88.7 Å². The summed E-state index contributed by atoms with van der Waals surface area (Å²) in [6.45, 7) is 0. The summed E-state index contributed by atoms with van der Waals surface area (Å²) in [6, 6.07) is 18.8. The fourth-order valence-corrected chi connectivity index (χ4v) is 4.39. The topological polar surface area (TPSA) is 38.8 Å². The van der Waals surface area contributed by atoms with Crippen molar-refractivity contribution in [2.75, 3.05) is 12.0 Å². The zero-order valence-corrected chi connectivity index (χ0v) is 16.3. The van der Waals surface area contributed by atoms with E-state index < -0.39 is 6.10 Å². The third kappa shape index (κ3) is 2.85. The normalized spacial score (nSPS) is 22.2. The van der Waals surface area contributed by atoms with Crippen molar-refractivity contribution in [1.82, 2.24) is 0 Å². The Balaban J connectivity index is 1.62. The molecule has 4 nitrogen and oxygen atoms in total. The molecule has 0 spiro atoms. The number of nitrogens with zero attached hydrogens (tertiary/aromatic N) is 1. The van der Waals surface area contributed by atoms with Gasteiger partial charge in [0.2, 0.25) is 0 Å². The van der Waals surface area contributed by atoms with Crippen LogP contribution in [0.5, 0.6) is 11.5 Å². The van der Waals surface area contributed by atoms with Gasteiger partial charge in [-0.1, -0.05) is 23.7 Å². The van der Waals surface area contributed by atoms with Crippen LogP contribution in [0.15, 0.2) is 66.7 Å². The molecule has 5 rings (SSSR count). The van der Waals surface area contributed by atoms with Crippen LogP contribution in [0.25, 0.3) is 0 Å². The zero-order valence-electron chi connectivity index (χ0n) is 15.5. The zero-order chi connectivity index (χ0) is 20.1. The maximum absolute atomic E-state index is 13.6. The number of ether oxygens (including phenoxy) is 2. The quantitative estimate of drug-likeness (QED) is 0.583. The maximum atomic E-state index is 13.6. The van der Waals surface area contributed by atoms with Gasteiger partial charge in [-0.2, -0.15) is 0 Å². The minimum absolute atomic E-state index is 0.104. The monoisotopic (exact) mass is 409 g/mol. The van der Waals surface area contributed by atoms with E-state index in [2.05, 4.69) is 0 Å². The highest BCUT2D eigenvalue weighted by molar-refractivity contribution is 6.30. The molecule has 3 atom stereocenters. The summed E-state index contributed by atoms with van der Waals surface area (Å²) in [5.41, 5.74) is 2.55. The molecule has 0 aromatic heterocycles. The first-order chi connectivity index (χ1) is 14.1. The largest absolute Gasteiger partial charge is 0.497 e. The predicted octanol–water partition coefficient (Wildman–Crippen LogP) is 4.80. The van der Waals surface area contributed by atoms with E-state index in [0.29, 0.717) is 16.5 Å². The Morgan fingerprint density at radius 2 is 1.76 bits per heavy atom. The maximum Gasteiger partial charge on any atom is 0.270 e. The Labute approximate surface area is 172 Å². The second kappa shape index (κ2) is 6.78. The van der Waals surface area contributed by atoms with Crippen LogP contribution in [-0.2, 0) is 4.79 Å². The number of β-lactam (4-membered cyclic amide) rings is 1. The standard InChI is InChI=1S/C23H17ClFNO3/c1-28-17-9-7-16(8-10-17)26-21-20(13-2-5-15(25)6-3-13)18-12-14(24)4-11-19(18)29-22(21)23(26)27/h2-12,20-22H,1H3/t20-,21+,22-/m0/s1. The summed E-state index contributed by atoms with van der Waals surface area (Å²) in [5.74, 6) is 0.745. The number of benzene rings is 3. The first-order valence-electron chi connectivity index (χ1n) is 9.25. The van der Waals surface area contributed by atoms with Crippen LogP contribution in [0, 0.1) is 5.82 Å². The Kier molecular flexibility index (Phi) is 4.21. The molecule has 0 N–H and O–H groups in total. The lowest BCUT2D eigenvalue weighted by Gasteiger charge is -2.53. The van der Waals surface area contributed by atoms with E-state index in [1.54, 1.807) is 36.3 Å². The lowest BCUT2D eigenvalue weighted by Crippen LogP contribution is -2.71. The average Bonchev–Trinajstić information content (AvgIpc) is 2.74. The molecular weight excluding hydrogens is 393 g/mol. The first-order valence-corrected chi connectivity index (χ1v) is 9.63. The minimum atomic E-state index is -0.596. The van der Waals surface area contributed by atoms with Gasteiger partial charge in [-0.05, 0) is 60.2 Å². The SMILES string of the molecule is COc1ccc(N2C(=O)[C@H]3Oc4ccc(Cl)cc4[C@H](c4ccc(F)cc4)[C@H]32)cc1. The van der Waals surface area contributed by atoms with Crippen molar-refractivity contribution in [3.8, 4) is 11.5 Å². The fourth-order valence-electron chi connectivity index (χ4n) is 4.21. The molecule has 3 aromatic rings. The van der Waals surface area contributed by atoms with Gasteiger partial charge in [0.05, 0.1) is 13.2 Å². The molecule has 2 aliphatic heterocycles. The molecular formula is C23H17ClFNO3. The van der Waals surface area contributed by atoms with E-state index in [1.165, 1.54) is 12.1 Å². The summed E-state index contributed by atoms with van der Waals surface area (Å²) in [5, 5.41) is 0.583. The molecule has 3 aromatic carbocycles. The highest BCUT2D eigenvalue weighted by Crippen LogP contribution is 2.49. The number of anilines is 1. The summed E-state index contributed by atoms with van der Waals surface area (Å²) >= 11 is 6.26. The van der Waals surface area contributed by atoms with Gasteiger partial charge in [0.15, 0.2) is 6.10 Å². The molecule has 0 bridgehead atoms. The molecule has 146 valence electrons. The molecule has 29 heavy (non-hydrogen) atoms. The van der Waals surface area contributed by atoms with Gasteiger partial charge in [-0.3, -0.25) is 4.79 Å². The number of rotatable bonds is 3. The summed E-state index contributed by atoms with van der Waals surface area (Å²) in [7, 11) is 1.60. The van der Waals surface area contributed by atoms with Crippen LogP contribution >= 0.6 is 11.6 Å². The lowest BCUT2D eigenvalue weighted by atomic mass is 9.74. The molecule has 0 saturated carbocycles. The van der Waals surface area contributed by atoms with Gasteiger partial charge in [-0.15, -0.1) is 0 Å². The van der Waals surface area contributed by atoms with Crippen LogP contribution in [0.4, 0.5) is 10.1 Å². The van der Waals surface area contributed by atoms with Crippen molar-refractivity contribution >= 4 is 23.2 Å². The van der Waals surface area contributed by atoms with E-state index in [4.69, 9.17) is 21.1 Å². The molecule has 6 heteroatoms. The average molecular weight is 410 g/mol. The van der Waals surface area contributed by atoms with Crippen molar-refractivity contribution in [2.45, 2.75) is 18.1 Å². The van der Waals surface area contributed by atoms with Gasteiger partial charge in [0.25, 0.3) is 5.91 Å². The Morgan fingerprint density at radius 1 is 1.03 bits per heavy atom. The molecule has 2 heterocycles. The minimum Gasteiger partial charge on any atom is -0.497 e. The van der Waals surface area contributed by atoms with E-state index in [1.807, 2.05) is 30.3 Å². The fraction of sp³-hybridized carbons (Fsp3) is 0.174. The molecule has 0 radical (unpaired) electrons.